The van der Waals surface area contributed by atoms with Crippen LogP contribution >= 0.6 is 0 Å². The summed E-state index contributed by atoms with van der Waals surface area (Å²) >= 11 is 0. The smallest absolute Gasteiger partial charge is 0.303 e. The second-order valence-electron chi connectivity index (χ2n) is 19.2. The van der Waals surface area contributed by atoms with Crippen LogP contribution in [0.4, 0.5) is 0 Å². The number of hydrogen-bond donors (Lipinski definition) is 5. The Labute approximate surface area is 301 Å². The number of carbonyl (C=O) groups excluding carboxylic acids is 2. The maximum absolute atomic E-state index is 13.0. The molecule has 7 rings (SSSR count). The van der Waals surface area contributed by atoms with E-state index in [1.54, 1.807) is 13.8 Å². The van der Waals surface area contributed by atoms with Crippen molar-refractivity contribution < 1.29 is 58.8 Å². The summed E-state index contributed by atoms with van der Waals surface area (Å²) in [6.45, 7) is 14.6. The zero-order chi connectivity index (χ0) is 37.3. The molecule has 2 heterocycles. The monoisotopic (exact) mass is 722 g/mol. The molecular formula is C39H62O12. The summed E-state index contributed by atoms with van der Waals surface area (Å²) in [5.74, 6) is -1.06. The van der Waals surface area contributed by atoms with E-state index in [1.807, 2.05) is 6.92 Å². The van der Waals surface area contributed by atoms with Crippen LogP contribution in [-0.2, 0) is 33.3 Å². The summed E-state index contributed by atoms with van der Waals surface area (Å²) < 4.78 is 31.5. The lowest BCUT2D eigenvalue weighted by Gasteiger charge is -2.64. The highest BCUT2D eigenvalue weighted by Crippen LogP contribution is 2.89. The summed E-state index contributed by atoms with van der Waals surface area (Å²) in [5, 5.41) is 53.8. The van der Waals surface area contributed by atoms with Gasteiger partial charge in [-0.15, -0.1) is 0 Å². The molecule has 0 bridgehead atoms. The molecule has 51 heavy (non-hydrogen) atoms. The lowest BCUT2D eigenvalue weighted by molar-refractivity contribution is -0.303. The number of rotatable bonds is 7. The van der Waals surface area contributed by atoms with E-state index in [0.29, 0.717) is 25.2 Å². The van der Waals surface area contributed by atoms with E-state index in [9.17, 15) is 35.1 Å². The minimum absolute atomic E-state index is 0.00120. The molecule has 12 nitrogen and oxygen atoms in total. The fourth-order valence-corrected chi connectivity index (χ4v) is 14.0. The van der Waals surface area contributed by atoms with E-state index < -0.39 is 82.8 Å². The van der Waals surface area contributed by atoms with Crippen molar-refractivity contribution in [2.75, 3.05) is 13.2 Å². The molecular weight excluding hydrogens is 660 g/mol. The number of aliphatic hydroxyl groups excluding tert-OH is 4. The van der Waals surface area contributed by atoms with Crippen LogP contribution in [0.3, 0.4) is 0 Å². The highest BCUT2D eigenvalue weighted by molar-refractivity contribution is 5.68. The van der Waals surface area contributed by atoms with Gasteiger partial charge in [-0.25, -0.2) is 0 Å². The van der Waals surface area contributed by atoms with Gasteiger partial charge in [0.1, 0.15) is 30.5 Å². The number of carbonyl (C=O) groups is 2. The minimum atomic E-state index is -1.35. The molecule has 2 aliphatic heterocycles. The van der Waals surface area contributed by atoms with Crippen molar-refractivity contribution in [2.45, 2.75) is 173 Å². The fraction of sp³-hybridized carbons (Fsp3) is 0.949. The van der Waals surface area contributed by atoms with Gasteiger partial charge < -0.3 is 49.2 Å². The first kappa shape index (κ1) is 37.9. The van der Waals surface area contributed by atoms with Crippen LogP contribution in [-0.4, -0.2) is 111 Å². The fourth-order valence-electron chi connectivity index (χ4n) is 14.0. The summed E-state index contributed by atoms with van der Waals surface area (Å²) in [5.41, 5.74) is -3.87. The lowest BCUT2D eigenvalue weighted by Crippen LogP contribution is -2.63. The SMILES string of the molecule is CC(=O)OC1C(C2(C)CCC(C(C)(C)O)O2)C2(CO)CCC34CC35CCC(OC3OCC(O)C(O)C3O)C(C)(C)C5CCC4C2(C)C1OC(C)=O. The molecule has 0 aromatic carbocycles. The molecule has 7 aliphatic rings. The molecule has 12 heteroatoms. The third-order valence-corrected chi connectivity index (χ3v) is 16.2. The van der Waals surface area contributed by atoms with Crippen LogP contribution in [0.25, 0.3) is 0 Å². The first-order valence-electron chi connectivity index (χ1n) is 19.3. The van der Waals surface area contributed by atoms with E-state index in [4.69, 9.17) is 23.7 Å². The van der Waals surface area contributed by atoms with Gasteiger partial charge in [-0.1, -0.05) is 20.8 Å². The van der Waals surface area contributed by atoms with Crippen LogP contribution in [0.1, 0.15) is 113 Å². The highest BCUT2D eigenvalue weighted by Gasteiger charge is 2.87. The van der Waals surface area contributed by atoms with Gasteiger partial charge in [0.05, 0.1) is 30.0 Å². The third kappa shape index (κ3) is 5.12. The summed E-state index contributed by atoms with van der Waals surface area (Å²) in [6.07, 6.45) is -0.0954. The standard InChI is InChI=1S/C39H62O12/c1-20(41)48-29-30(35(7)13-11-26(51-35)34(5,6)46)39(19-40)16-15-38-18-37(38)14-12-25(50-32-28(45)27(44)22(43)17-47-32)33(3,4)23(37)9-10-24(38)36(39,8)31(29)49-21(2)42/h22-32,40,43-46H,9-19H2,1-8H3. The Bertz CT molecular complexity index is 1400. The maximum Gasteiger partial charge on any atom is 0.303 e. The molecule has 0 aromatic rings. The summed E-state index contributed by atoms with van der Waals surface area (Å²) in [4.78, 5) is 25.9. The number of aliphatic hydroxyl groups is 5. The predicted octanol–water partition coefficient (Wildman–Crippen LogP) is 3.01. The third-order valence-electron chi connectivity index (χ3n) is 16.2. The average Bonchev–Trinajstić information content (AvgIpc) is 3.43. The van der Waals surface area contributed by atoms with Crippen molar-refractivity contribution in [1.82, 2.24) is 0 Å². The summed E-state index contributed by atoms with van der Waals surface area (Å²) in [7, 11) is 0. The minimum Gasteiger partial charge on any atom is -0.458 e. The maximum atomic E-state index is 13.0. The Kier molecular flexibility index (Phi) is 8.97. The van der Waals surface area contributed by atoms with Crippen LogP contribution < -0.4 is 0 Å². The van der Waals surface area contributed by atoms with Crippen molar-refractivity contribution in [3.05, 3.63) is 0 Å². The van der Waals surface area contributed by atoms with Crippen molar-refractivity contribution in [1.29, 1.82) is 0 Å². The highest BCUT2D eigenvalue weighted by atomic mass is 16.7. The van der Waals surface area contributed by atoms with E-state index in [0.717, 1.165) is 38.5 Å². The second-order valence-corrected chi connectivity index (χ2v) is 19.2. The predicted molar refractivity (Wildman–Crippen MR) is 182 cm³/mol. The Morgan fingerprint density at radius 3 is 2.10 bits per heavy atom. The van der Waals surface area contributed by atoms with Gasteiger partial charge in [0.2, 0.25) is 0 Å². The number of hydrogen-bond acceptors (Lipinski definition) is 12. The van der Waals surface area contributed by atoms with Crippen molar-refractivity contribution in [3.63, 3.8) is 0 Å². The van der Waals surface area contributed by atoms with Crippen LogP contribution in [0.2, 0.25) is 0 Å². The molecule has 5 N–H and O–H groups in total. The number of ether oxygens (including phenoxy) is 5. The molecule has 0 aromatic heterocycles. The largest absolute Gasteiger partial charge is 0.458 e. The van der Waals surface area contributed by atoms with Gasteiger partial charge in [0, 0.05) is 37.2 Å². The molecule has 16 unspecified atom stereocenters. The topological polar surface area (TPSA) is 181 Å². The van der Waals surface area contributed by atoms with Gasteiger partial charge in [-0.3, -0.25) is 9.59 Å². The van der Waals surface area contributed by atoms with Crippen molar-refractivity contribution in [3.8, 4) is 0 Å². The van der Waals surface area contributed by atoms with E-state index in [1.165, 1.54) is 13.8 Å². The first-order chi connectivity index (χ1) is 23.6. The average molecular weight is 723 g/mol. The van der Waals surface area contributed by atoms with Gasteiger partial charge in [-0.2, -0.15) is 0 Å². The molecule has 2 saturated heterocycles. The molecule has 7 fully saturated rings. The van der Waals surface area contributed by atoms with Crippen molar-refractivity contribution in [2.24, 2.45) is 44.8 Å². The summed E-state index contributed by atoms with van der Waals surface area (Å²) in [6, 6.07) is 0. The number of esters is 2. The van der Waals surface area contributed by atoms with Crippen molar-refractivity contribution >= 4 is 11.9 Å². The molecule has 0 amide bonds. The molecule has 2 spiro atoms. The van der Waals surface area contributed by atoms with Gasteiger partial charge >= 0.3 is 11.9 Å². The second kappa shape index (κ2) is 12.1. The molecule has 290 valence electrons. The van der Waals surface area contributed by atoms with Crippen LogP contribution in [0, 0.1) is 44.8 Å². The zero-order valence-electron chi connectivity index (χ0n) is 31.7. The van der Waals surface area contributed by atoms with Gasteiger partial charge in [0.25, 0.3) is 0 Å². The Balaban J connectivity index is 1.25. The number of fused-ring (bicyclic) bond motifs is 2. The lowest BCUT2D eigenvalue weighted by atomic mass is 9.41. The van der Waals surface area contributed by atoms with Crippen LogP contribution in [0.5, 0.6) is 0 Å². The molecule has 5 aliphatic carbocycles. The first-order valence-corrected chi connectivity index (χ1v) is 19.3. The Morgan fingerprint density at radius 1 is 0.843 bits per heavy atom. The van der Waals surface area contributed by atoms with Crippen LogP contribution in [0.15, 0.2) is 0 Å². The Morgan fingerprint density at radius 2 is 1.49 bits per heavy atom. The quantitative estimate of drug-likeness (QED) is 0.192. The van der Waals surface area contributed by atoms with Gasteiger partial charge in [-0.05, 0) is 107 Å². The van der Waals surface area contributed by atoms with Gasteiger partial charge in [0.15, 0.2) is 6.29 Å². The van der Waals surface area contributed by atoms with E-state index >= 15 is 0 Å². The molecule has 5 saturated carbocycles. The van der Waals surface area contributed by atoms with E-state index in [2.05, 4.69) is 20.8 Å². The zero-order valence-corrected chi connectivity index (χ0v) is 31.7. The normalized spacial score (nSPS) is 52.9. The molecule has 16 atom stereocenters. The Hall–Kier alpha value is -1.38. The van der Waals surface area contributed by atoms with E-state index in [-0.39, 0.29) is 41.5 Å². The molecule has 0 radical (unpaired) electrons.